The summed E-state index contributed by atoms with van der Waals surface area (Å²) in [5.41, 5.74) is 6.74. The molecule has 1 heterocycles. The van der Waals surface area contributed by atoms with Crippen molar-refractivity contribution in [1.82, 2.24) is 4.98 Å². The molecule has 1 aromatic heterocycles. The first-order valence-corrected chi connectivity index (χ1v) is 6.31. The number of benzene rings is 1. The molecule has 0 aliphatic rings. The third-order valence-corrected chi connectivity index (χ3v) is 3.17. The lowest BCUT2D eigenvalue weighted by Gasteiger charge is -2.09. The molecule has 1 aromatic carbocycles. The van der Waals surface area contributed by atoms with Gasteiger partial charge in [-0.25, -0.2) is 0 Å². The topological polar surface area (TPSA) is 38.9 Å². The number of nitrogens with two attached hydrogens (primary N) is 1. The lowest BCUT2D eigenvalue weighted by atomic mass is 10.0. The fraction of sp³-hybridized carbons (Fsp3) is 0.214. The van der Waals surface area contributed by atoms with Gasteiger partial charge >= 0.3 is 6.18 Å². The van der Waals surface area contributed by atoms with Gasteiger partial charge in [-0.3, -0.25) is 4.98 Å². The Morgan fingerprint density at radius 2 is 1.75 bits per heavy atom. The number of nitrogens with zero attached hydrogens (tertiary/aromatic N) is 1. The second-order valence-corrected chi connectivity index (χ2v) is 4.67. The fourth-order valence-corrected chi connectivity index (χ4v) is 2.06. The van der Waals surface area contributed by atoms with Gasteiger partial charge in [-0.05, 0) is 30.3 Å². The predicted molar refractivity (Wildman–Crippen MR) is 72.4 cm³/mol. The van der Waals surface area contributed by atoms with Crippen molar-refractivity contribution in [2.45, 2.75) is 12.6 Å². The Balaban J connectivity index is 2.30. The van der Waals surface area contributed by atoms with E-state index < -0.39 is 11.7 Å². The molecule has 2 aromatic rings. The minimum atomic E-state index is -4.33. The standard InChI is InChI=1S/C14H12ClF3N2/c15-12-7-10(8-20-13(12)5-6-19)9-1-3-11(4-2-9)14(16,17)18/h1-4,7-8H,5-6,19H2. The second-order valence-electron chi connectivity index (χ2n) is 4.27. The van der Waals surface area contributed by atoms with E-state index in [1.165, 1.54) is 12.1 Å². The second kappa shape index (κ2) is 5.81. The lowest BCUT2D eigenvalue weighted by Crippen LogP contribution is -2.05. The quantitative estimate of drug-likeness (QED) is 0.933. The van der Waals surface area contributed by atoms with E-state index in [1.54, 1.807) is 12.3 Å². The highest BCUT2D eigenvalue weighted by molar-refractivity contribution is 6.31. The molecule has 0 atom stereocenters. The first-order valence-electron chi connectivity index (χ1n) is 5.94. The average molecular weight is 301 g/mol. The van der Waals surface area contributed by atoms with Crippen molar-refractivity contribution in [2.75, 3.05) is 6.54 Å². The molecule has 0 spiro atoms. The van der Waals surface area contributed by atoms with Gasteiger partial charge in [-0.2, -0.15) is 13.2 Å². The van der Waals surface area contributed by atoms with Crippen LogP contribution in [0.25, 0.3) is 11.1 Å². The van der Waals surface area contributed by atoms with Crippen LogP contribution >= 0.6 is 11.6 Å². The monoisotopic (exact) mass is 300 g/mol. The molecule has 0 aliphatic heterocycles. The summed E-state index contributed by atoms with van der Waals surface area (Å²) in [6.45, 7) is 0.437. The van der Waals surface area contributed by atoms with E-state index >= 15 is 0 Å². The summed E-state index contributed by atoms with van der Waals surface area (Å²) in [7, 11) is 0. The molecule has 0 amide bonds. The highest BCUT2D eigenvalue weighted by atomic mass is 35.5. The molecule has 0 aliphatic carbocycles. The molecule has 106 valence electrons. The molecule has 0 unspecified atom stereocenters. The van der Waals surface area contributed by atoms with E-state index in [0.29, 0.717) is 34.8 Å². The SMILES string of the molecule is NCCc1ncc(-c2ccc(C(F)(F)F)cc2)cc1Cl. The van der Waals surface area contributed by atoms with Gasteiger partial charge in [0.2, 0.25) is 0 Å². The minimum absolute atomic E-state index is 0.437. The Labute approximate surface area is 119 Å². The van der Waals surface area contributed by atoms with Crippen LogP contribution in [0.15, 0.2) is 36.5 Å². The molecular weight excluding hydrogens is 289 g/mol. The van der Waals surface area contributed by atoms with Crippen LogP contribution in [0, 0.1) is 0 Å². The van der Waals surface area contributed by atoms with Crippen LogP contribution < -0.4 is 5.73 Å². The van der Waals surface area contributed by atoms with E-state index in [9.17, 15) is 13.2 Å². The van der Waals surface area contributed by atoms with Gasteiger partial charge in [0.1, 0.15) is 0 Å². The van der Waals surface area contributed by atoms with Gasteiger partial charge in [-0.1, -0.05) is 23.7 Å². The number of pyridine rings is 1. The zero-order chi connectivity index (χ0) is 14.8. The van der Waals surface area contributed by atoms with Gasteiger partial charge in [0.05, 0.1) is 16.3 Å². The van der Waals surface area contributed by atoms with Crippen LogP contribution in [-0.2, 0) is 12.6 Å². The summed E-state index contributed by atoms with van der Waals surface area (Å²) >= 11 is 6.06. The van der Waals surface area contributed by atoms with Gasteiger partial charge < -0.3 is 5.73 Å². The minimum Gasteiger partial charge on any atom is -0.330 e. The van der Waals surface area contributed by atoms with Crippen LogP contribution in [0.5, 0.6) is 0 Å². The number of halogens is 4. The molecule has 0 saturated heterocycles. The summed E-state index contributed by atoms with van der Waals surface area (Å²) in [5, 5.41) is 0.466. The summed E-state index contributed by atoms with van der Waals surface area (Å²) in [6.07, 6.45) is -2.19. The maximum Gasteiger partial charge on any atom is 0.416 e. The average Bonchev–Trinajstić information content (AvgIpc) is 2.40. The molecule has 20 heavy (non-hydrogen) atoms. The molecule has 2 N–H and O–H groups in total. The fourth-order valence-electron chi connectivity index (χ4n) is 1.80. The summed E-state index contributed by atoms with van der Waals surface area (Å²) in [5.74, 6) is 0. The van der Waals surface area contributed by atoms with Crippen LogP contribution in [0.2, 0.25) is 5.02 Å². The third-order valence-electron chi connectivity index (χ3n) is 2.84. The van der Waals surface area contributed by atoms with E-state index in [0.717, 1.165) is 12.1 Å². The van der Waals surface area contributed by atoms with Gasteiger partial charge in [0.25, 0.3) is 0 Å². The molecule has 0 saturated carbocycles. The van der Waals surface area contributed by atoms with E-state index in [2.05, 4.69) is 4.98 Å². The predicted octanol–water partition coefficient (Wildman–Crippen LogP) is 3.92. The summed E-state index contributed by atoms with van der Waals surface area (Å²) in [6, 6.07) is 6.56. The van der Waals surface area contributed by atoms with Gasteiger partial charge in [-0.15, -0.1) is 0 Å². The van der Waals surface area contributed by atoms with Gasteiger partial charge in [0.15, 0.2) is 0 Å². The molecular formula is C14H12ClF3N2. The Morgan fingerprint density at radius 3 is 2.25 bits per heavy atom. The molecule has 2 nitrogen and oxygen atoms in total. The Kier molecular flexibility index (Phi) is 4.30. The van der Waals surface area contributed by atoms with Crippen molar-refractivity contribution in [1.29, 1.82) is 0 Å². The zero-order valence-electron chi connectivity index (χ0n) is 10.4. The molecule has 6 heteroatoms. The van der Waals surface area contributed by atoms with Crippen LogP contribution in [0.3, 0.4) is 0 Å². The molecule has 0 bridgehead atoms. The molecule has 2 rings (SSSR count). The van der Waals surface area contributed by atoms with E-state index in [4.69, 9.17) is 17.3 Å². The van der Waals surface area contributed by atoms with E-state index in [1.807, 2.05) is 0 Å². The third kappa shape index (κ3) is 3.29. The summed E-state index contributed by atoms with van der Waals surface area (Å²) < 4.78 is 37.4. The number of alkyl halides is 3. The number of hydrogen-bond acceptors (Lipinski definition) is 2. The van der Waals surface area contributed by atoms with Gasteiger partial charge in [0, 0.05) is 18.2 Å². The molecule has 0 radical (unpaired) electrons. The normalized spacial score (nSPS) is 11.7. The number of aromatic nitrogens is 1. The first-order chi connectivity index (χ1) is 9.41. The van der Waals surface area contributed by atoms with Crippen molar-refractivity contribution < 1.29 is 13.2 Å². The Morgan fingerprint density at radius 1 is 1.10 bits per heavy atom. The Hall–Kier alpha value is -1.59. The maximum atomic E-state index is 12.5. The maximum absolute atomic E-state index is 12.5. The highest BCUT2D eigenvalue weighted by Gasteiger charge is 2.29. The zero-order valence-corrected chi connectivity index (χ0v) is 11.2. The first kappa shape index (κ1) is 14.8. The van der Waals surface area contributed by atoms with Crippen molar-refractivity contribution in [3.8, 4) is 11.1 Å². The van der Waals surface area contributed by atoms with Crippen molar-refractivity contribution in [3.05, 3.63) is 52.8 Å². The lowest BCUT2D eigenvalue weighted by molar-refractivity contribution is -0.137. The van der Waals surface area contributed by atoms with Crippen LogP contribution in [0.4, 0.5) is 13.2 Å². The highest BCUT2D eigenvalue weighted by Crippen LogP contribution is 2.31. The van der Waals surface area contributed by atoms with Crippen molar-refractivity contribution >= 4 is 11.6 Å². The van der Waals surface area contributed by atoms with Crippen molar-refractivity contribution in [2.24, 2.45) is 5.73 Å². The molecule has 0 fully saturated rings. The van der Waals surface area contributed by atoms with Crippen LogP contribution in [-0.4, -0.2) is 11.5 Å². The number of hydrogen-bond donors (Lipinski definition) is 1. The van der Waals surface area contributed by atoms with E-state index in [-0.39, 0.29) is 0 Å². The summed E-state index contributed by atoms with van der Waals surface area (Å²) in [4.78, 5) is 4.18. The number of rotatable bonds is 3. The van der Waals surface area contributed by atoms with Crippen molar-refractivity contribution in [3.63, 3.8) is 0 Å². The largest absolute Gasteiger partial charge is 0.416 e. The van der Waals surface area contributed by atoms with Crippen LogP contribution in [0.1, 0.15) is 11.3 Å². The smallest absolute Gasteiger partial charge is 0.330 e. The Bertz CT molecular complexity index is 594.